The van der Waals surface area contributed by atoms with Gasteiger partial charge in [-0.05, 0) is 12.8 Å². The van der Waals surface area contributed by atoms with E-state index in [-0.39, 0.29) is 17.7 Å². The molecule has 18 heavy (non-hydrogen) atoms. The number of hydrogen-bond donors (Lipinski definition) is 2. The molecule has 1 heterocycles. The molecule has 0 unspecified atom stereocenters. The fourth-order valence-corrected chi connectivity index (χ4v) is 1.55. The Balaban J connectivity index is 2.07. The molecule has 3 N–H and O–H groups in total. The molecule has 0 atom stereocenters. The molecule has 1 aliphatic heterocycles. The number of hydrazone groups is 1. The first-order valence-corrected chi connectivity index (χ1v) is 5.71. The zero-order valence-electron chi connectivity index (χ0n) is 9.96. The van der Waals surface area contributed by atoms with E-state index in [2.05, 4.69) is 10.5 Å². The van der Waals surface area contributed by atoms with E-state index in [1.807, 2.05) is 0 Å². The Bertz CT molecular complexity index is 372. The summed E-state index contributed by atoms with van der Waals surface area (Å²) in [7, 11) is 0. The van der Waals surface area contributed by atoms with Crippen molar-refractivity contribution in [2.45, 2.75) is 25.7 Å². The quantitative estimate of drug-likeness (QED) is 0.209. The van der Waals surface area contributed by atoms with Gasteiger partial charge < -0.3 is 5.73 Å². The number of nitrogens with two attached hydrogens (primary N) is 1. The van der Waals surface area contributed by atoms with Crippen LogP contribution in [0.1, 0.15) is 25.7 Å². The predicted molar refractivity (Wildman–Crippen MR) is 65.2 cm³/mol. The van der Waals surface area contributed by atoms with Crippen LogP contribution in [0.15, 0.2) is 17.3 Å². The molecule has 0 aromatic heterocycles. The molecule has 0 aromatic rings. The van der Waals surface area contributed by atoms with Gasteiger partial charge in [-0.1, -0.05) is 6.42 Å². The smallest absolute Gasteiger partial charge is 0.253 e. The molecule has 0 saturated heterocycles. The summed E-state index contributed by atoms with van der Waals surface area (Å²) in [6, 6.07) is 0. The van der Waals surface area contributed by atoms with Crippen LogP contribution >= 0.6 is 0 Å². The highest BCUT2D eigenvalue weighted by Gasteiger charge is 2.22. The number of hydrogen-bond acceptors (Lipinski definition) is 4. The minimum absolute atomic E-state index is 0.202. The lowest BCUT2D eigenvalue weighted by atomic mass is 10.2. The molecule has 3 amide bonds. The lowest BCUT2D eigenvalue weighted by Crippen LogP contribution is -2.30. The van der Waals surface area contributed by atoms with Crippen LogP contribution in [0.25, 0.3) is 0 Å². The molecule has 0 radical (unpaired) electrons. The molecule has 1 rings (SSSR count). The topological polar surface area (TPSA) is 105 Å². The summed E-state index contributed by atoms with van der Waals surface area (Å²) in [5.41, 5.74) is 7.22. The minimum Gasteiger partial charge on any atom is -0.388 e. The van der Waals surface area contributed by atoms with Crippen molar-refractivity contribution in [3.63, 3.8) is 0 Å². The van der Waals surface area contributed by atoms with Crippen LogP contribution in [0.5, 0.6) is 0 Å². The summed E-state index contributed by atoms with van der Waals surface area (Å²) in [6.07, 6.45) is 6.01. The van der Waals surface area contributed by atoms with E-state index in [1.54, 1.807) is 0 Å². The van der Waals surface area contributed by atoms with Crippen molar-refractivity contribution in [3.05, 3.63) is 12.2 Å². The van der Waals surface area contributed by atoms with Crippen molar-refractivity contribution < 1.29 is 14.4 Å². The number of nitrogens with one attached hydrogen (secondary N) is 1. The monoisotopic (exact) mass is 252 g/mol. The molecule has 7 nitrogen and oxygen atoms in total. The lowest BCUT2D eigenvalue weighted by Gasteiger charge is -2.12. The molecule has 7 heteroatoms. The zero-order chi connectivity index (χ0) is 13.4. The number of imide groups is 1. The third-order valence-corrected chi connectivity index (χ3v) is 2.45. The fourth-order valence-electron chi connectivity index (χ4n) is 1.55. The van der Waals surface area contributed by atoms with Gasteiger partial charge in [-0.3, -0.25) is 19.3 Å². The van der Waals surface area contributed by atoms with E-state index >= 15 is 0 Å². The van der Waals surface area contributed by atoms with Gasteiger partial charge in [0.2, 0.25) is 5.91 Å². The number of rotatable bonds is 7. The molecule has 1 aliphatic rings. The molecule has 0 saturated carbocycles. The minimum atomic E-state index is -0.268. The first kappa shape index (κ1) is 13.9. The molecule has 0 spiro atoms. The van der Waals surface area contributed by atoms with Crippen LogP contribution in [0.2, 0.25) is 0 Å². The average Bonchev–Trinajstić information content (AvgIpc) is 2.67. The van der Waals surface area contributed by atoms with Crippen LogP contribution < -0.4 is 11.2 Å². The Kier molecular flexibility index (Phi) is 5.56. The standard InChI is InChI=1S/C11H16N4O3/c12-8-13-14-9(16)4-2-1-3-7-15-10(17)5-6-11(15)18/h5-6,8H,1-4,7H2,(H2,12,13)(H,14,16). The van der Waals surface area contributed by atoms with E-state index in [9.17, 15) is 14.4 Å². The van der Waals surface area contributed by atoms with E-state index in [0.29, 0.717) is 25.8 Å². The summed E-state index contributed by atoms with van der Waals surface area (Å²) < 4.78 is 0. The van der Waals surface area contributed by atoms with E-state index in [0.717, 1.165) is 12.8 Å². The molecule has 0 bridgehead atoms. The second-order valence-electron chi connectivity index (χ2n) is 3.79. The van der Waals surface area contributed by atoms with Gasteiger partial charge in [-0.25, -0.2) is 5.43 Å². The maximum absolute atomic E-state index is 11.2. The number of carbonyl (C=O) groups is 3. The summed E-state index contributed by atoms with van der Waals surface area (Å²) in [4.78, 5) is 34.7. The maximum Gasteiger partial charge on any atom is 0.253 e. The van der Waals surface area contributed by atoms with Gasteiger partial charge in [0.25, 0.3) is 11.8 Å². The zero-order valence-corrected chi connectivity index (χ0v) is 9.96. The molecule has 0 fully saturated rings. The summed E-state index contributed by atoms with van der Waals surface area (Å²) in [6.45, 7) is 0.396. The van der Waals surface area contributed by atoms with Crippen molar-refractivity contribution >= 4 is 24.1 Å². The molecular weight excluding hydrogens is 236 g/mol. The molecular formula is C11H16N4O3. The Labute approximate surface area is 105 Å². The van der Waals surface area contributed by atoms with Gasteiger partial charge in [-0.15, -0.1) is 0 Å². The number of carbonyl (C=O) groups excluding carboxylic acids is 3. The number of nitrogens with zero attached hydrogens (tertiary/aromatic N) is 2. The highest BCUT2D eigenvalue weighted by molar-refractivity contribution is 6.12. The molecule has 98 valence electrons. The van der Waals surface area contributed by atoms with Crippen molar-refractivity contribution in [3.8, 4) is 0 Å². The van der Waals surface area contributed by atoms with E-state index < -0.39 is 0 Å². The van der Waals surface area contributed by atoms with Crippen LogP contribution in [0.3, 0.4) is 0 Å². The second-order valence-corrected chi connectivity index (χ2v) is 3.79. The largest absolute Gasteiger partial charge is 0.388 e. The SMILES string of the molecule is N/C=N/NC(=O)CCCCCN1C(=O)C=CC1=O. The molecule has 0 aromatic carbocycles. The third-order valence-electron chi connectivity index (χ3n) is 2.45. The Morgan fingerprint density at radius 1 is 1.28 bits per heavy atom. The second kappa shape index (κ2) is 7.21. The fraction of sp³-hybridized carbons (Fsp3) is 0.455. The van der Waals surface area contributed by atoms with Gasteiger partial charge in [0, 0.05) is 25.1 Å². The first-order valence-electron chi connectivity index (χ1n) is 5.71. The van der Waals surface area contributed by atoms with E-state index in [1.165, 1.54) is 17.1 Å². The average molecular weight is 252 g/mol. The van der Waals surface area contributed by atoms with Crippen molar-refractivity contribution in [2.24, 2.45) is 10.8 Å². The number of amides is 3. The summed E-state index contributed by atoms with van der Waals surface area (Å²) in [5.74, 6) is -0.739. The van der Waals surface area contributed by atoms with Crippen molar-refractivity contribution in [2.75, 3.05) is 6.54 Å². The summed E-state index contributed by atoms with van der Waals surface area (Å²) >= 11 is 0. The van der Waals surface area contributed by atoms with E-state index in [4.69, 9.17) is 5.73 Å². The number of unbranched alkanes of at least 4 members (excludes halogenated alkanes) is 2. The first-order chi connectivity index (χ1) is 8.65. The summed E-state index contributed by atoms with van der Waals surface area (Å²) in [5, 5.41) is 3.40. The Hall–Kier alpha value is -2.18. The van der Waals surface area contributed by atoms with Gasteiger partial charge >= 0.3 is 0 Å². The Morgan fingerprint density at radius 3 is 2.56 bits per heavy atom. The van der Waals surface area contributed by atoms with Crippen LogP contribution in [0, 0.1) is 0 Å². The highest BCUT2D eigenvalue weighted by Crippen LogP contribution is 2.07. The van der Waals surface area contributed by atoms with Crippen molar-refractivity contribution in [1.82, 2.24) is 10.3 Å². The lowest BCUT2D eigenvalue weighted by molar-refractivity contribution is -0.136. The molecule has 0 aliphatic carbocycles. The van der Waals surface area contributed by atoms with Gasteiger partial charge in [-0.2, -0.15) is 5.10 Å². The van der Waals surface area contributed by atoms with Gasteiger partial charge in [0.1, 0.15) is 6.34 Å². The third kappa shape index (κ3) is 4.36. The van der Waals surface area contributed by atoms with Crippen LogP contribution in [0.4, 0.5) is 0 Å². The van der Waals surface area contributed by atoms with Crippen LogP contribution in [-0.2, 0) is 14.4 Å². The van der Waals surface area contributed by atoms with Crippen molar-refractivity contribution in [1.29, 1.82) is 0 Å². The highest BCUT2D eigenvalue weighted by atomic mass is 16.2. The maximum atomic E-state index is 11.2. The van der Waals surface area contributed by atoms with Crippen LogP contribution in [-0.4, -0.2) is 35.5 Å². The predicted octanol–water partition coefficient (Wildman–Crippen LogP) is -0.510. The van der Waals surface area contributed by atoms with Gasteiger partial charge in [0.15, 0.2) is 0 Å². The Morgan fingerprint density at radius 2 is 1.94 bits per heavy atom. The normalized spacial score (nSPS) is 14.8. The van der Waals surface area contributed by atoms with Gasteiger partial charge in [0.05, 0.1) is 0 Å².